The van der Waals surface area contributed by atoms with E-state index >= 15 is 0 Å². The minimum atomic E-state index is -0.377. The summed E-state index contributed by atoms with van der Waals surface area (Å²) in [4.78, 5) is 16.6. The Kier molecular flexibility index (Phi) is 4.35. The standard InChI is InChI=1S/C16H16ClN5O2/c1-9(15-20-11(3)24-21-15)19-16(23)12-8-18-22(10(12)2)14-7-5-4-6-13(14)17/h4-9H,1-3H3,(H,19,23)/t9-/m1/s1. The molecular weight excluding hydrogens is 330 g/mol. The third kappa shape index (κ3) is 3.03. The van der Waals surface area contributed by atoms with Gasteiger partial charge in [0.05, 0.1) is 34.2 Å². The van der Waals surface area contributed by atoms with Gasteiger partial charge in [-0.25, -0.2) is 4.68 Å². The number of halogens is 1. The van der Waals surface area contributed by atoms with Crippen LogP contribution in [0.3, 0.4) is 0 Å². The van der Waals surface area contributed by atoms with Crippen molar-refractivity contribution < 1.29 is 9.32 Å². The van der Waals surface area contributed by atoms with Crippen LogP contribution in [0.15, 0.2) is 35.0 Å². The Morgan fingerprint density at radius 2 is 2.08 bits per heavy atom. The normalized spacial score (nSPS) is 12.2. The van der Waals surface area contributed by atoms with Gasteiger partial charge >= 0.3 is 0 Å². The fourth-order valence-corrected chi connectivity index (χ4v) is 2.54. The van der Waals surface area contributed by atoms with Crippen molar-refractivity contribution in [1.82, 2.24) is 25.2 Å². The van der Waals surface area contributed by atoms with Crippen LogP contribution in [0.4, 0.5) is 0 Å². The molecule has 1 N–H and O–H groups in total. The number of rotatable bonds is 4. The molecule has 0 unspecified atom stereocenters. The number of hydrogen-bond acceptors (Lipinski definition) is 5. The fourth-order valence-electron chi connectivity index (χ4n) is 2.33. The molecule has 24 heavy (non-hydrogen) atoms. The summed E-state index contributed by atoms with van der Waals surface area (Å²) < 4.78 is 6.57. The van der Waals surface area contributed by atoms with E-state index in [1.165, 1.54) is 6.20 Å². The Morgan fingerprint density at radius 1 is 1.33 bits per heavy atom. The quantitative estimate of drug-likeness (QED) is 0.785. The third-order valence-corrected chi connectivity index (χ3v) is 3.93. The first-order valence-corrected chi connectivity index (χ1v) is 7.75. The van der Waals surface area contributed by atoms with E-state index in [0.29, 0.717) is 28.0 Å². The molecular formula is C16H16ClN5O2. The zero-order valence-corrected chi connectivity index (χ0v) is 14.2. The summed E-state index contributed by atoms with van der Waals surface area (Å²) in [5.41, 5.74) is 1.87. The molecule has 7 nitrogen and oxygen atoms in total. The second-order valence-corrected chi connectivity index (χ2v) is 5.78. The molecule has 0 aliphatic rings. The number of carbonyl (C=O) groups excluding carboxylic acids is 1. The Bertz CT molecular complexity index is 886. The molecule has 0 fully saturated rings. The molecule has 124 valence electrons. The number of aromatic nitrogens is 4. The lowest BCUT2D eigenvalue weighted by Crippen LogP contribution is -2.27. The predicted octanol–water partition coefficient (Wildman–Crippen LogP) is 3.02. The van der Waals surface area contributed by atoms with Gasteiger partial charge < -0.3 is 9.84 Å². The number of carbonyl (C=O) groups is 1. The number of nitrogens with one attached hydrogen (secondary N) is 1. The largest absolute Gasteiger partial charge is 0.342 e. The Labute approximate surface area is 143 Å². The number of para-hydroxylation sites is 1. The van der Waals surface area contributed by atoms with E-state index in [9.17, 15) is 4.79 Å². The summed E-state index contributed by atoms with van der Waals surface area (Å²) in [7, 11) is 0. The summed E-state index contributed by atoms with van der Waals surface area (Å²) in [6.07, 6.45) is 1.52. The highest BCUT2D eigenvalue weighted by atomic mass is 35.5. The van der Waals surface area contributed by atoms with Gasteiger partial charge in [0.1, 0.15) is 0 Å². The van der Waals surface area contributed by atoms with E-state index < -0.39 is 0 Å². The van der Waals surface area contributed by atoms with Gasteiger partial charge in [-0.3, -0.25) is 4.79 Å². The molecule has 0 saturated heterocycles. The maximum absolute atomic E-state index is 12.5. The molecule has 0 bridgehead atoms. The van der Waals surface area contributed by atoms with E-state index in [1.807, 2.05) is 25.1 Å². The zero-order valence-electron chi connectivity index (χ0n) is 13.4. The molecule has 0 radical (unpaired) electrons. The fraction of sp³-hybridized carbons (Fsp3) is 0.250. The molecule has 1 aromatic carbocycles. The first kappa shape index (κ1) is 16.2. The molecule has 3 rings (SSSR count). The molecule has 0 saturated carbocycles. The van der Waals surface area contributed by atoms with Gasteiger partial charge in [-0.05, 0) is 26.0 Å². The summed E-state index contributed by atoms with van der Waals surface area (Å²) in [6.45, 7) is 5.30. The smallest absolute Gasteiger partial charge is 0.255 e. The van der Waals surface area contributed by atoms with E-state index in [4.69, 9.17) is 16.1 Å². The molecule has 1 amide bonds. The van der Waals surface area contributed by atoms with Crippen molar-refractivity contribution in [2.24, 2.45) is 0 Å². The van der Waals surface area contributed by atoms with Crippen LogP contribution < -0.4 is 5.32 Å². The minimum absolute atomic E-state index is 0.263. The van der Waals surface area contributed by atoms with Crippen LogP contribution in [-0.2, 0) is 0 Å². The van der Waals surface area contributed by atoms with Crippen molar-refractivity contribution in [3.05, 3.63) is 58.5 Å². The van der Waals surface area contributed by atoms with Crippen LogP contribution in [0.1, 0.15) is 40.7 Å². The maximum Gasteiger partial charge on any atom is 0.255 e. The lowest BCUT2D eigenvalue weighted by Gasteiger charge is -2.10. The first-order chi connectivity index (χ1) is 11.5. The molecule has 3 aromatic rings. The summed E-state index contributed by atoms with van der Waals surface area (Å²) in [6, 6.07) is 6.95. The average Bonchev–Trinajstić information content (AvgIpc) is 3.14. The summed E-state index contributed by atoms with van der Waals surface area (Å²) in [5.74, 6) is 0.617. The van der Waals surface area contributed by atoms with Crippen molar-refractivity contribution >= 4 is 17.5 Å². The molecule has 8 heteroatoms. The monoisotopic (exact) mass is 345 g/mol. The van der Waals surface area contributed by atoms with Crippen LogP contribution in [0.25, 0.3) is 5.69 Å². The molecule has 1 atom stereocenters. The van der Waals surface area contributed by atoms with Gasteiger partial charge in [-0.15, -0.1) is 0 Å². The maximum atomic E-state index is 12.5. The molecule has 2 aromatic heterocycles. The summed E-state index contributed by atoms with van der Waals surface area (Å²) in [5, 5.41) is 11.5. The third-order valence-electron chi connectivity index (χ3n) is 3.61. The Balaban J connectivity index is 1.83. The lowest BCUT2D eigenvalue weighted by molar-refractivity contribution is 0.0937. The van der Waals surface area contributed by atoms with Gasteiger partial charge in [0.15, 0.2) is 5.82 Å². The van der Waals surface area contributed by atoms with Crippen LogP contribution >= 0.6 is 11.6 Å². The zero-order chi connectivity index (χ0) is 17.3. The van der Waals surface area contributed by atoms with Crippen LogP contribution in [0, 0.1) is 13.8 Å². The number of aryl methyl sites for hydroxylation is 1. The van der Waals surface area contributed by atoms with Gasteiger partial charge in [-0.1, -0.05) is 28.9 Å². The second kappa shape index (κ2) is 6.45. The minimum Gasteiger partial charge on any atom is -0.342 e. The van der Waals surface area contributed by atoms with Crippen molar-refractivity contribution in [3.8, 4) is 5.69 Å². The van der Waals surface area contributed by atoms with Crippen molar-refractivity contribution in [2.45, 2.75) is 26.8 Å². The lowest BCUT2D eigenvalue weighted by atomic mass is 10.2. The highest BCUT2D eigenvalue weighted by Gasteiger charge is 2.20. The van der Waals surface area contributed by atoms with Crippen LogP contribution in [0.2, 0.25) is 5.02 Å². The number of amides is 1. The second-order valence-electron chi connectivity index (χ2n) is 5.37. The number of benzene rings is 1. The van der Waals surface area contributed by atoms with Gasteiger partial charge in [-0.2, -0.15) is 10.1 Å². The summed E-state index contributed by atoms with van der Waals surface area (Å²) >= 11 is 6.20. The van der Waals surface area contributed by atoms with Crippen molar-refractivity contribution in [3.63, 3.8) is 0 Å². The highest BCUT2D eigenvalue weighted by molar-refractivity contribution is 6.32. The van der Waals surface area contributed by atoms with Gasteiger partial charge in [0.25, 0.3) is 5.91 Å². The molecule has 0 aliphatic carbocycles. The SMILES string of the molecule is Cc1nc([C@@H](C)NC(=O)c2cnn(-c3ccccc3Cl)c2C)no1. The van der Waals surface area contributed by atoms with Crippen molar-refractivity contribution in [1.29, 1.82) is 0 Å². The number of hydrogen-bond donors (Lipinski definition) is 1. The van der Waals surface area contributed by atoms with E-state index in [-0.39, 0.29) is 11.9 Å². The first-order valence-electron chi connectivity index (χ1n) is 7.38. The molecule has 0 spiro atoms. The van der Waals surface area contributed by atoms with Crippen LogP contribution in [-0.4, -0.2) is 25.8 Å². The molecule has 2 heterocycles. The number of nitrogens with zero attached hydrogens (tertiary/aromatic N) is 4. The topological polar surface area (TPSA) is 85.8 Å². The van der Waals surface area contributed by atoms with E-state index in [2.05, 4.69) is 20.6 Å². The predicted molar refractivity (Wildman–Crippen MR) is 88.2 cm³/mol. The van der Waals surface area contributed by atoms with Crippen LogP contribution in [0.5, 0.6) is 0 Å². The Hall–Kier alpha value is -2.67. The van der Waals surface area contributed by atoms with E-state index in [0.717, 1.165) is 5.69 Å². The average molecular weight is 346 g/mol. The highest BCUT2D eigenvalue weighted by Crippen LogP contribution is 2.22. The molecule has 0 aliphatic heterocycles. The Morgan fingerprint density at radius 3 is 2.75 bits per heavy atom. The van der Waals surface area contributed by atoms with Gasteiger partial charge in [0.2, 0.25) is 5.89 Å². The van der Waals surface area contributed by atoms with E-state index in [1.54, 1.807) is 24.6 Å². The van der Waals surface area contributed by atoms with Gasteiger partial charge in [0, 0.05) is 6.92 Å². The van der Waals surface area contributed by atoms with Crippen molar-refractivity contribution in [2.75, 3.05) is 0 Å².